The first-order valence-corrected chi connectivity index (χ1v) is 6.72. The predicted octanol–water partition coefficient (Wildman–Crippen LogP) is 4.79. The Morgan fingerprint density at radius 3 is 2.53 bits per heavy atom. The third kappa shape index (κ3) is 3.87. The van der Waals surface area contributed by atoms with Gasteiger partial charge in [0.05, 0.1) is 23.4 Å². The summed E-state index contributed by atoms with van der Waals surface area (Å²) in [7, 11) is 1.68. The van der Waals surface area contributed by atoms with Crippen molar-refractivity contribution < 1.29 is 4.74 Å². The van der Waals surface area contributed by atoms with Gasteiger partial charge in [-0.25, -0.2) is 0 Å². The van der Waals surface area contributed by atoms with E-state index in [-0.39, 0.29) is 6.04 Å². The quantitative estimate of drug-likeness (QED) is 0.856. The van der Waals surface area contributed by atoms with E-state index in [2.05, 4.69) is 17.4 Å². The average Bonchev–Trinajstić information content (AvgIpc) is 2.43. The smallest absolute Gasteiger partial charge is 0.0748 e. The summed E-state index contributed by atoms with van der Waals surface area (Å²) < 4.78 is 5.26. The second-order valence-corrected chi connectivity index (χ2v) is 5.03. The summed E-state index contributed by atoms with van der Waals surface area (Å²) in [6.07, 6.45) is 0. The van der Waals surface area contributed by atoms with Gasteiger partial charge >= 0.3 is 0 Å². The third-order valence-corrected chi connectivity index (χ3v) is 3.36. The van der Waals surface area contributed by atoms with Gasteiger partial charge in [0.25, 0.3) is 0 Å². The standard InChI is InChI=1S/C15H15Cl2NO/c1-19-10-15(11-5-3-2-4-6-11)18-14-9-12(16)7-8-13(14)17/h2-9,15,18H,10H2,1H3. The number of hydrogen-bond acceptors (Lipinski definition) is 2. The molecule has 0 fully saturated rings. The first-order chi connectivity index (χ1) is 9.20. The summed E-state index contributed by atoms with van der Waals surface area (Å²) in [5.41, 5.74) is 1.94. The van der Waals surface area contributed by atoms with E-state index in [1.165, 1.54) is 0 Å². The number of rotatable bonds is 5. The SMILES string of the molecule is COCC(Nc1cc(Cl)ccc1Cl)c1ccccc1. The molecule has 1 N–H and O–H groups in total. The van der Waals surface area contributed by atoms with Gasteiger partial charge in [-0.15, -0.1) is 0 Å². The van der Waals surface area contributed by atoms with Crippen LogP contribution in [-0.2, 0) is 4.74 Å². The minimum absolute atomic E-state index is 0.0298. The van der Waals surface area contributed by atoms with Crippen molar-refractivity contribution in [2.24, 2.45) is 0 Å². The second kappa shape index (κ2) is 6.80. The predicted molar refractivity (Wildman–Crippen MR) is 81.1 cm³/mol. The Hall–Kier alpha value is -1.22. The molecule has 1 atom stereocenters. The maximum Gasteiger partial charge on any atom is 0.0748 e. The number of nitrogens with one attached hydrogen (secondary N) is 1. The third-order valence-electron chi connectivity index (χ3n) is 2.79. The lowest BCUT2D eigenvalue weighted by molar-refractivity contribution is 0.186. The highest BCUT2D eigenvalue weighted by Gasteiger charge is 2.12. The Bertz CT molecular complexity index is 531. The van der Waals surface area contributed by atoms with Crippen LogP contribution in [0.15, 0.2) is 48.5 Å². The topological polar surface area (TPSA) is 21.3 Å². The van der Waals surface area contributed by atoms with E-state index in [1.54, 1.807) is 19.2 Å². The van der Waals surface area contributed by atoms with Gasteiger partial charge in [-0.1, -0.05) is 53.5 Å². The molecule has 0 aliphatic heterocycles. The first-order valence-electron chi connectivity index (χ1n) is 5.96. The Morgan fingerprint density at radius 2 is 1.84 bits per heavy atom. The minimum atomic E-state index is 0.0298. The van der Waals surface area contributed by atoms with Crippen LogP contribution in [-0.4, -0.2) is 13.7 Å². The van der Waals surface area contributed by atoms with E-state index in [1.807, 2.05) is 24.3 Å². The molecule has 0 bridgehead atoms. The maximum atomic E-state index is 6.17. The lowest BCUT2D eigenvalue weighted by Crippen LogP contribution is -2.16. The fraction of sp³-hybridized carbons (Fsp3) is 0.200. The van der Waals surface area contributed by atoms with Gasteiger partial charge in [0.15, 0.2) is 0 Å². The molecule has 0 aromatic heterocycles. The molecule has 1 unspecified atom stereocenters. The van der Waals surface area contributed by atoms with Crippen LogP contribution in [0.2, 0.25) is 10.0 Å². The molecule has 0 spiro atoms. The van der Waals surface area contributed by atoms with Crippen LogP contribution in [0.4, 0.5) is 5.69 Å². The van der Waals surface area contributed by atoms with Crippen LogP contribution in [0.3, 0.4) is 0 Å². The molecule has 100 valence electrons. The monoisotopic (exact) mass is 295 g/mol. The van der Waals surface area contributed by atoms with E-state index in [0.29, 0.717) is 16.7 Å². The van der Waals surface area contributed by atoms with Crippen LogP contribution in [0.25, 0.3) is 0 Å². The second-order valence-electron chi connectivity index (χ2n) is 4.19. The van der Waals surface area contributed by atoms with E-state index in [9.17, 15) is 0 Å². The van der Waals surface area contributed by atoms with Gasteiger partial charge in [0.1, 0.15) is 0 Å². The fourth-order valence-corrected chi connectivity index (χ4v) is 2.21. The first kappa shape index (κ1) is 14.2. The molecular formula is C15H15Cl2NO. The normalized spacial score (nSPS) is 12.2. The van der Waals surface area contributed by atoms with Crippen molar-refractivity contribution >= 4 is 28.9 Å². The number of methoxy groups -OCH3 is 1. The largest absolute Gasteiger partial charge is 0.382 e. The van der Waals surface area contributed by atoms with Crippen molar-refractivity contribution in [1.29, 1.82) is 0 Å². The number of ether oxygens (including phenoxy) is 1. The maximum absolute atomic E-state index is 6.17. The molecular weight excluding hydrogens is 281 g/mol. The van der Waals surface area contributed by atoms with Gasteiger partial charge in [-0.3, -0.25) is 0 Å². The Kier molecular flexibility index (Phi) is 5.08. The summed E-state index contributed by atoms with van der Waals surface area (Å²) in [5.74, 6) is 0. The zero-order valence-corrected chi connectivity index (χ0v) is 12.1. The highest BCUT2D eigenvalue weighted by Crippen LogP contribution is 2.29. The Morgan fingerprint density at radius 1 is 1.11 bits per heavy atom. The molecule has 2 rings (SSSR count). The van der Waals surface area contributed by atoms with Gasteiger partial charge in [0, 0.05) is 12.1 Å². The van der Waals surface area contributed by atoms with Crippen LogP contribution in [0, 0.1) is 0 Å². The lowest BCUT2D eigenvalue weighted by Gasteiger charge is -2.20. The van der Waals surface area contributed by atoms with Crippen molar-refractivity contribution in [3.63, 3.8) is 0 Å². The molecule has 19 heavy (non-hydrogen) atoms. The summed E-state index contributed by atoms with van der Waals surface area (Å²) in [6, 6.07) is 15.5. The summed E-state index contributed by atoms with van der Waals surface area (Å²) in [5, 5.41) is 4.65. The number of hydrogen-bond donors (Lipinski definition) is 1. The van der Waals surface area contributed by atoms with Gasteiger partial charge in [0.2, 0.25) is 0 Å². The summed E-state index contributed by atoms with van der Waals surface area (Å²) in [6.45, 7) is 0.548. The molecule has 2 nitrogen and oxygen atoms in total. The average molecular weight is 296 g/mol. The van der Waals surface area contributed by atoms with E-state index >= 15 is 0 Å². The molecule has 2 aromatic rings. The molecule has 0 amide bonds. The van der Waals surface area contributed by atoms with Crippen molar-refractivity contribution in [1.82, 2.24) is 0 Å². The van der Waals surface area contributed by atoms with Crippen molar-refractivity contribution in [2.45, 2.75) is 6.04 Å². The number of halogens is 2. The van der Waals surface area contributed by atoms with Crippen LogP contribution < -0.4 is 5.32 Å². The molecule has 4 heteroatoms. The fourth-order valence-electron chi connectivity index (χ4n) is 1.87. The molecule has 0 aliphatic carbocycles. The van der Waals surface area contributed by atoms with E-state index in [0.717, 1.165) is 11.3 Å². The lowest BCUT2D eigenvalue weighted by atomic mass is 10.1. The highest BCUT2D eigenvalue weighted by atomic mass is 35.5. The zero-order valence-electron chi connectivity index (χ0n) is 10.6. The van der Waals surface area contributed by atoms with Crippen LogP contribution in [0.5, 0.6) is 0 Å². The van der Waals surface area contributed by atoms with Crippen molar-refractivity contribution in [2.75, 3.05) is 19.0 Å². The number of benzene rings is 2. The number of anilines is 1. The van der Waals surface area contributed by atoms with Crippen molar-refractivity contribution in [3.05, 3.63) is 64.1 Å². The molecule has 0 aliphatic rings. The molecule has 0 saturated carbocycles. The minimum Gasteiger partial charge on any atom is -0.382 e. The molecule has 0 saturated heterocycles. The van der Waals surface area contributed by atoms with E-state index in [4.69, 9.17) is 27.9 Å². The molecule has 2 aromatic carbocycles. The van der Waals surface area contributed by atoms with Gasteiger partial charge < -0.3 is 10.1 Å². The van der Waals surface area contributed by atoms with Crippen LogP contribution >= 0.6 is 23.2 Å². The Balaban J connectivity index is 2.24. The molecule has 0 radical (unpaired) electrons. The highest BCUT2D eigenvalue weighted by molar-refractivity contribution is 6.35. The van der Waals surface area contributed by atoms with E-state index < -0.39 is 0 Å². The van der Waals surface area contributed by atoms with Crippen LogP contribution in [0.1, 0.15) is 11.6 Å². The molecule has 0 heterocycles. The zero-order chi connectivity index (χ0) is 13.7. The Labute approximate surface area is 123 Å². The van der Waals surface area contributed by atoms with Gasteiger partial charge in [-0.05, 0) is 23.8 Å². The summed E-state index contributed by atoms with van der Waals surface area (Å²) in [4.78, 5) is 0. The van der Waals surface area contributed by atoms with Gasteiger partial charge in [-0.2, -0.15) is 0 Å². The summed E-state index contributed by atoms with van der Waals surface area (Å²) >= 11 is 12.2. The van der Waals surface area contributed by atoms with Crippen molar-refractivity contribution in [3.8, 4) is 0 Å².